The summed E-state index contributed by atoms with van der Waals surface area (Å²) < 4.78 is 0. The van der Waals surface area contributed by atoms with E-state index in [1.165, 1.54) is 24.8 Å². The molecule has 0 heterocycles. The van der Waals surface area contributed by atoms with Crippen molar-refractivity contribution in [3.05, 3.63) is 29.8 Å². The molecule has 96 valence electrons. The van der Waals surface area contributed by atoms with E-state index in [2.05, 4.69) is 36.9 Å². The molecule has 1 unspecified atom stereocenters. The first-order valence-corrected chi connectivity index (χ1v) is 6.66. The Kier molecular flexibility index (Phi) is 6.06. The molecule has 1 N–H and O–H groups in total. The van der Waals surface area contributed by atoms with E-state index >= 15 is 0 Å². The fraction of sp³-hybridized carbons (Fsp3) is 0.600. The lowest BCUT2D eigenvalue weighted by molar-refractivity contribution is 0.187. The Morgan fingerprint density at radius 2 is 2.00 bits per heavy atom. The lowest BCUT2D eigenvalue weighted by Gasteiger charge is -2.28. The Bertz CT molecular complexity index is 322. The maximum absolute atomic E-state index is 9.84. The normalized spacial score (nSPS) is 12.5. The highest BCUT2D eigenvalue weighted by atomic mass is 16.3. The minimum Gasteiger partial charge on any atom is -0.374 e. The van der Waals surface area contributed by atoms with E-state index in [9.17, 15) is 5.11 Å². The van der Waals surface area contributed by atoms with Crippen molar-refractivity contribution in [1.82, 2.24) is 0 Å². The van der Waals surface area contributed by atoms with Crippen LogP contribution in [0.4, 0.5) is 5.69 Å². The zero-order chi connectivity index (χ0) is 12.7. The molecule has 0 aliphatic heterocycles. The van der Waals surface area contributed by atoms with E-state index in [-0.39, 0.29) is 0 Å². The number of aliphatic hydroxyl groups is 1. The van der Waals surface area contributed by atoms with Crippen LogP contribution in [0.5, 0.6) is 0 Å². The highest BCUT2D eigenvalue weighted by Crippen LogP contribution is 2.18. The van der Waals surface area contributed by atoms with Gasteiger partial charge in [0, 0.05) is 12.2 Å². The topological polar surface area (TPSA) is 23.5 Å². The summed E-state index contributed by atoms with van der Waals surface area (Å²) in [6.45, 7) is 7.07. The van der Waals surface area contributed by atoms with Gasteiger partial charge in [-0.15, -0.1) is 0 Å². The maximum Gasteiger partial charge on any atom is 0.124 e. The van der Waals surface area contributed by atoms with Crippen molar-refractivity contribution >= 4 is 5.69 Å². The second kappa shape index (κ2) is 7.33. The molecule has 0 radical (unpaired) electrons. The van der Waals surface area contributed by atoms with E-state index in [4.69, 9.17) is 0 Å². The molecule has 0 saturated carbocycles. The van der Waals surface area contributed by atoms with Crippen LogP contribution in [0.15, 0.2) is 24.3 Å². The van der Waals surface area contributed by atoms with E-state index < -0.39 is 6.23 Å². The number of rotatable bonds is 7. The third kappa shape index (κ3) is 4.78. The molecule has 0 aliphatic rings. The van der Waals surface area contributed by atoms with Crippen molar-refractivity contribution in [2.24, 2.45) is 0 Å². The number of anilines is 1. The average Bonchev–Trinajstić information content (AvgIpc) is 2.28. The molecule has 0 spiro atoms. The van der Waals surface area contributed by atoms with Crippen LogP contribution in [0.25, 0.3) is 0 Å². The highest BCUT2D eigenvalue weighted by molar-refractivity contribution is 5.48. The molecule has 1 aromatic rings. The van der Waals surface area contributed by atoms with E-state index in [1.807, 2.05) is 13.0 Å². The van der Waals surface area contributed by atoms with Gasteiger partial charge in [-0.2, -0.15) is 0 Å². The van der Waals surface area contributed by atoms with Crippen LogP contribution in [-0.2, 0) is 0 Å². The van der Waals surface area contributed by atoms with Gasteiger partial charge in [-0.3, -0.25) is 0 Å². The van der Waals surface area contributed by atoms with Crippen molar-refractivity contribution in [2.75, 3.05) is 11.4 Å². The summed E-state index contributed by atoms with van der Waals surface area (Å²) in [4.78, 5) is 2.07. The lowest BCUT2D eigenvalue weighted by atomic mass is 10.1. The Balaban J connectivity index is 2.59. The van der Waals surface area contributed by atoms with Crippen LogP contribution in [0.3, 0.4) is 0 Å². The van der Waals surface area contributed by atoms with Crippen molar-refractivity contribution in [3.8, 4) is 0 Å². The number of nitrogens with zero attached hydrogens (tertiary/aromatic N) is 1. The second-order valence-electron chi connectivity index (χ2n) is 4.72. The van der Waals surface area contributed by atoms with Gasteiger partial charge >= 0.3 is 0 Å². The fourth-order valence-corrected chi connectivity index (χ4v) is 2.05. The number of benzene rings is 1. The Labute approximate surface area is 105 Å². The molecular weight excluding hydrogens is 210 g/mol. The molecule has 2 heteroatoms. The average molecular weight is 235 g/mol. The van der Waals surface area contributed by atoms with Gasteiger partial charge in [0.15, 0.2) is 0 Å². The number of hydrogen-bond donors (Lipinski definition) is 1. The highest BCUT2D eigenvalue weighted by Gasteiger charge is 2.11. The summed E-state index contributed by atoms with van der Waals surface area (Å²) in [6.07, 6.45) is 4.50. The predicted octanol–water partition coefficient (Wildman–Crippen LogP) is 3.72. The Morgan fingerprint density at radius 3 is 2.59 bits per heavy atom. The molecule has 0 bridgehead atoms. The molecule has 0 fully saturated rings. The van der Waals surface area contributed by atoms with Gasteiger partial charge < -0.3 is 10.0 Å². The van der Waals surface area contributed by atoms with Crippen LogP contribution in [0.1, 0.15) is 45.1 Å². The summed E-state index contributed by atoms with van der Waals surface area (Å²) in [6, 6.07) is 8.33. The largest absolute Gasteiger partial charge is 0.374 e. The van der Waals surface area contributed by atoms with E-state index in [1.54, 1.807) is 0 Å². The summed E-state index contributed by atoms with van der Waals surface area (Å²) in [5.74, 6) is 0. The Morgan fingerprint density at radius 1 is 1.24 bits per heavy atom. The van der Waals surface area contributed by atoms with Gasteiger partial charge in [0.05, 0.1) is 0 Å². The monoisotopic (exact) mass is 235 g/mol. The van der Waals surface area contributed by atoms with E-state index in [0.29, 0.717) is 0 Å². The molecule has 1 aromatic carbocycles. The minimum absolute atomic E-state index is 0.418. The standard InChI is InChI=1S/C15H25NO/c1-4-5-6-7-11-16(14(3)17)15-10-8-9-13(2)12-15/h8-10,12,14,17H,4-7,11H2,1-3H3. The summed E-state index contributed by atoms with van der Waals surface area (Å²) in [7, 11) is 0. The van der Waals surface area contributed by atoms with Crippen LogP contribution in [0, 0.1) is 6.92 Å². The minimum atomic E-state index is -0.418. The van der Waals surface area contributed by atoms with Crippen molar-refractivity contribution in [1.29, 1.82) is 0 Å². The predicted molar refractivity (Wildman–Crippen MR) is 74.3 cm³/mol. The van der Waals surface area contributed by atoms with Gasteiger partial charge in [0.1, 0.15) is 6.23 Å². The van der Waals surface area contributed by atoms with Crippen LogP contribution in [0.2, 0.25) is 0 Å². The van der Waals surface area contributed by atoms with Gasteiger partial charge in [-0.1, -0.05) is 38.3 Å². The molecule has 0 aliphatic carbocycles. The summed E-state index contributed by atoms with van der Waals surface area (Å²) >= 11 is 0. The van der Waals surface area contributed by atoms with Gasteiger partial charge in [0.2, 0.25) is 0 Å². The van der Waals surface area contributed by atoms with Crippen molar-refractivity contribution in [2.45, 2.75) is 52.7 Å². The van der Waals surface area contributed by atoms with Gasteiger partial charge in [-0.05, 0) is 38.0 Å². The molecule has 1 atom stereocenters. The summed E-state index contributed by atoms with van der Waals surface area (Å²) in [5.41, 5.74) is 2.36. The Hall–Kier alpha value is -1.02. The number of hydrogen-bond acceptors (Lipinski definition) is 2. The maximum atomic E-state index is 9.84. The molecule has 17 heavy (non-hydrogen) atoms. The van der Waals surface area contributed by atoms with Crippen molar-refractivity contribution in [3.63, 3.8) is 0 Å². The smallest absolute Gasteiger partial charge is 0.124 e. The summed E-state index contributed by atoms with van der Waals surface area (Å²) in [5, 5.41) is 9.84. The van der Waals surface area contributed by atoms with Crippen LogP contribution in [-0.4, -0.2) is 17.9 Å². The fourth-order valence-electron chi connectivity index (χ4n) is 2.05. The number of unbranched alkanes of at least 4 members (excludes halogenated alkanes) is 3. The van der Waals surface area contributed by atoms with Crippen molar-refractivity contribution < 1.29 is 5.11 Å². The van der Waals surface area contributed by atoms with E-state index in [0.717, 1.165) is 18.7 Å². The molecule has 0 saturated heterocycles. The van der Waals surface area contributed by atoms with Gasteiger partial charge in [-0.25, -0.2) is 0 Å². The lowest BCUT2D eigenvalue weighted by Crippen LogP contribution is -2.33. The first kappa shape index (κ1) is 14.0. The molecule has 2 nitrogen and oxygen atoms in total. The first-order valence-electron chi connectivity index (χ1n) is 6.66. The van der Waals surface area contributed by atoms with Crippen LogP contribution < -0.4 is 4.90 Å². The zero-order valence-electron chi connectivity index (χ0n) is 11.3. The third-order valence-corrected chi connectivity index (χ3v) is 3.04. The quantitative estimate of drug-likeness (QED) is 0.575. The molecule has 1 rings (SSSR count). The zero-order valence-corrected chi connectivity index (χ0v) is 11.3. The SMILES string of the molecule is CCCCCCN(c1cccc(C)c1)C(C)O. The van der Waals surface area contributed by atoms with Crippen LogP contribution >= 0.6 is 0 Å². The number of aliphatic hydroxyl groups excluding tert-OH is 1. The second-order valence-corrected chi connectivity index (χ2v) is 4.72. The molecule has 0 aromatic heterocycles. The number of aryl methyl sites for hydroxylation is 1. The first-order chi connectivity index (χ1) is 8.15. The molecular formula is C15H25NO. The molecule has 0 amide bonds. The third-order valence-electron chi connectivity index (χ3n) is 3.04. The van der Waals surface area contributed by atoms with Gasteiger partial charge in [0.25, 0.3) is 0 Å².